The van der Waals surface area contributed by atoms with Gasteiger partial charge in [-0.25, -0.2) is 0 Å². The maximum Gasteiger partial charge on any atom is 0.191 e. The molecule has 1 aliphatic carbocycles. The molecule has 0 bridgehead atoms. The molecule has 1 saturated heterocycles. The summed E-state index contributed by atoms with van der Waals surface area (Å²) in [5.74, 6) is 2.40. The summed E-state index contributed by atoms with van der Waals surface area (Å²) in [5.41, 5.74) is 0. The van der Waals surface area contributed by atoms with Gasteiger partial charge in [0.2, 0.25) is 0 Å². The Morgan fingerprint density at radius 2 is 2.10 bits per heavy atom. The summed E-state index contributed by atoms with van der Waals surface area (Å²) >= 11 is 1.86. The molecule has 164 valence electrons. The number of nitrogens with zero attached hydrogens (tertiary/aromatic N) is 2. The van der Waals surface area contributed by atoms with Gasteiger partial charge in [-0.1, -0.05) is 19.4 Å². The van der Waals surface area contributed by atoms with Crippen LogP contribution in [0.4, 0.5) is 0 Å². The molecule has 3 atom stereocenters. The first-order valence-electron chi connectivity index (χ1n) is 11.3. The van der Waals surface area contributed by atoms with Gasteiger partial charge in [-0.15, -0.1) is 11.3 Å². The fraction of sp³-hybridized carbons (Fsp3) is 0.773. The maximum absolute atomic E-state index is 12.2. The van der Waals surface area contributed by atoms with E-state index in [4.69, 9.17) is 4.99 Å². The van der Waals surface area contributed by atoms with Gasteiger partial charge in [-0.05, 0) is 69.5 Å². The van der Waals surface area contributed by atoms with Gasteiger partial charge >= 0.3 is 0 Å². The lowest BCUT2D eigenvalue weighted by Gasteiger charge is -2.32. The van der Waals surface area contributed by atoms with Gasteiger partial charge in [0.15, 0.2) is 5.96 Å². The lowest BCUT2D eigenvalue weighted by atomic mass is 9.95. The van der Waals surface area contributed by atoms with Crippen molar-refractivity contribution >= 4 is 28.1 Å². The second-order valence-electron chi connectivity index (χ2n) is 8.32. The first kappa shape index (κ1) is 22.8. The van der Waals surface area contributed by atoms with Crippen molar-refractivity contribution in [3.8, 4) is 0 Å². The maximum atomic E-state index is 12.2. The largest absolute Gasteiger partial charge is 0.357 e. The average molecular weight is 439 g/mol. The van der Waals surface area contributed by atoms with E-state index in [9.17, 15) is 4.21 Å². The minimum Gasteiger partial charge on any atom is -0.357 e. The number of hydrogen-bond donors (Lipinski definition) is 2. The zero-order valence-corrected chi connectivity index (χ0v) is 19.7. The third-order valence-electron chi connectivity index (χ3n) is 6.14. The van der Waals surface area contributed by atoms with Crippen LogP contribution in [0.15, 0.2) is 22.5 Å². The predicted octanol–water partition coefficient (Wildman–Crippen LogP) is 3.60. The molecule has 1 aromatic rings. The smallest absolute Gasteiger partial charge is 0.191 e. The molecule has 1 aliphatic heterocycles. The van der Waals surface area contributed by atoms with Gasteiger partial charge in [-0.2, -0.15) is 0 Å². The van der Waals surface area contributed by atoms with Crippen LogP contribution in [0.1, 0.15) is 57.2 Å². The van der Waals surface area contributed by atoms with Crippen LogP contribution < -0.4 is 10.6 Å². The van der Waals surface area contributed by atoms with Gasteiger partial charge in [0.1, 0.15) is 0 Å². The molecule has 0 spiro atoms. The Morgan fingerprint density at radius 3 is 2.79 bits per heavy atom. The van der Waals surface area contributed by atoms with Crippen molar-refractivity contribution in [1.82, 2.24) is 15.5 Å². The topological polar surface area (TPSA) is 56.7 Å². The van der Waals surface area contributed by atoms with Gasteiger partial charge in [0.05, 0.1) is 0 Å². The van der Waals surface area contributed by atoms with E-state index in [-0.39, 0.29) is 0 Å². The van der Waals surface area contributed by atoms with Crippen molar-refractivity contribution in [3.05, 3.63) is 22.4 Å². The van der Waals surface area contributed by atoms with Crippen molar-refractivity contribution in [2.75, 3.05) is 31.9 Å². The van der Waals surface area contributed by atoms with Crippen LogP contribution >= 0.6 is 11.3 Å². The fourth-order valence-electron chi connectivity index (χ4n) is 4.43. The lowest BCUT2D eigenvalue weighted by Crippen LogP contribution is -2.47. The average Bonchev–Trinajstić information content (AvgIpc) is 3.26. The molecule has 0 amide bonds. The summed E-state index contributed by atoms with van der Waals surface area (Å²) in [5, 5.41) is 9.58. The molecule has 2 heterocycles. The van der Waals surface area contributed by atoms with Crippen molar-refractivity contribution < 1.29 is 4.21 Å². The molecular formula is C22H38N4OS2. The molecule has 0 radical (unpaired) electrons. The van der Waals surface area contributed by atoms with E-state index in [1.165, 1.54) is 30.8 Å². The Bertz CT molecular complexity index is 641. The number of hydrogen-bond acceptors (Lipinski definition) is 4. The third-order valence-corrected chi connectivity index (χ3v) is 8.74. The van der Waals surface area contributed by atoms with Gasteiger partial charge in [-0.3, -0.25) is 14.1 Å². The highest BCUT2D eigenvalue weighted by molar-refractivity contribution is 7.85. The van der Waals surface area contributed by atoms with Crippen LogP contribution in [-0.4, -0.2) is 58.3 Å². The number of aliphatic imine (C=N–C) groups is 1. The summed E-state index contributed by atoms with van der Waals surface area (Å²) in [6.45, 7) is 9.38. The molecule has 3 unspecified atom stereocenters. The van der Waals surface area contributed by atoms with Crippen LogP contribution in [0.5, 0.6) is 0 Å². The summed E-state index contributed by atoms with van der Waals surface area (Å²) in [6, 6.07) is 4.78. The zero-order chi connectivity index (χ0) is 20.5. The number of guanidine groups is 1. The molecule has 0 aromatic carbocycles. The Balaban J connectivity index is 1.45. The quantitative estimate of drug-likeness (QED) is 0.481. The number of nitrogens with one attached hydrogen (secondary N) is 2. The first-order chi connectivity index (χ1) is 14.2. The molecular weight excluding hydrogens is 400 g/mol. The molecule has 29 heavy (non-hydrogen) atoms. The van der Waals surface area contributed by atoms with Crippen molar-refractivity contribution in [1.29, 1.82) is 0 Å². The minimum atomic E-state index is -0.680. The van der Waals surface area contributed by atoms with Gasteiger partial charge < -0.3 is 10.6 Å². The second kappa shape index (κ2) is 12.1. The van der Waals surface area contributed by atoms with Crippen LogP contribution in [-0.2, 0) is 17.3 Å². The van der Waals surface area contributed by atoms with E-state index < -0.39 is 10.8 Å². The number of piperidine rings is 1. The molecule has 2 N–H and O–H groups in total. The highest BCUT2D eigenvalue weighted by Crippen LogP contribution is 2.23. The zero-order valence-electron chi connectivity index (χ0n) is 18.1. The molecule has 3 rings (SSSR count). The van der Waals surface area contributed by atoms with E-state index in [2.05, 4.69) is 40.0 Å². The molecule has 1 aromatic heterocycles. The summed E-state index contributed by atoms with van der Waals surface area (Å²) in [4.78, 5) is 8.97. The normalized spacial score (nSPS) is 25.7. The van der Waals surface area contributed by atoms with E-state index in [1.807, 2.05) is 18.3 Å². The minimum absolute atomic E-state index is 0.349. The SMILES string of the molecule is CCNC(=NCC1CCN(Cc2cccs2)CC1)NC1CCCC(S(=O)CC)C1. The lowest BCUT2D eigenvalue weighted by molar-refractivity contribution is 0.182. The second-order valence-corrected chi connectivity index (χ2v) is 11.4. The number of thiophene rings is 1. The molecule has 5 nitrogen and oxygen atoms in total. The van der Waals surface area contributed by atoms with Crippen molar-refractivity contribution in [2.45, 2.75) is 70.2 Å². The molecule has 2 fully saturated rings. The van der Waals surface area contributed by atoms with Crippen molar-refractivity contribution in [2.24, 2.45) is 10.9 Å². The third kappa shape index (κ3) is 7.37. The van der Waals surface area contributed by atoms with Crippen LogP contribution in [0.25, 0.3) is 0 Å². The van der Waals surface area contributed by atoms with Gasteiger partial charge in [0, 0.05) is 52.4 Å². The van der Waals surface area contributed by atoms with E-state index in [0.29, 0.717) is 17.2 Å². The van der Waals surface area contributed by atoms with Crippen molar-refractivity contribution in [3.63, 3.8) is 0 Å². The summed E-state index contributed by atoms with van der Waals surface area (Å²) in [6.07, 6.45) is 6.89. The van der Waals surface area contributed by atoms with E-state index >= 15 is 0 Å². The summed E-state index contributed by atoms with van der Waals surface area (Å²) < 4.78 is 12.2. The fourth-order valence-corrected chi connectivity index (χ4v) is 6.53. The Labute approximate surface area is 183 Å². The van der Waals surface area contributed by atoms with Crippen LogP contribution in [0, 0.1) is 5.92 Å². The predicted molar refractivity (Wildman–Crippen MR) is 126 cm³/mol. The Kier molecular flexibility index (Phi) is 9.46. The Hall–Kier alpha value is -0.920. The first-order valence-corrected chi connectivity index (χ1v) is 13.6. The Morgan fingerprint density at radius 1 is 1.28 bits per heavy atom. The highest BCUT2D eigenvalue weighted by Gasteiger charge is 2.26. The molecule has 1 saturated carbocycles. The standard InChI is InChI=1S/C22H38N4OS2/c1-3-23-22(25-19-7-5-9-21(15-19)29(27)4-2)24-16-18-10-12-26(13-11-18)17-20-8-6-14-28-20/h6,8,14,18-19,21H,3-5,7,9-13,15-17H2,1-2H3,(H2,23,24,25). The van der Waals surface area contributed by atoms with Gasteiger partial charge in [0.25, 0.3) is 0 Å². The van der Waals surface area contributed by atoms with E-state index in [0.717, 1.165) is 57.0 Å². The summed E-state index contributed by atoms with van der Waals surface area (Å²) in [7, 11) is -0.680. The molecule has 7 heteroatoms. The highest BCUT2D eigenvalue weighted by atomic mass is 32.2. The number of rotatable bonds is 8. The van der Waals surface area contributed by atoms with E-state index in [1.54, 1.807) is 0 Å². The monoisotopic (exact) mass is 438 g/mol. The molecule has 2 aliphatic rings. The van der Waals surface area contributed by atoms with Crippen LogP contribution in [0.3, 0.4) is 0 Å². The van der Waals surface area contributed by atoms with Crippen LogP contribution in [0.2, 0.25) is 0 Å². The number of likely N-dealkylation sites (tertiary alicyclic amines) is 1.